The normalized spacial score (nSPS) is 6.50. The largest absolute Gasteiger partial charge is 0.192 e. The zero-order chi connectivity index (χ0) is 7.40. The van der Waals surface area contributed by atoms with Crippen molar-refractivity contribution in [1.82, 2.24) is 0 Å². The summed E-state index contributed by atoms with van der Waals surface area (Å²) in [5, 5.41) is 16.9. The van der Waals surface area contributed by atoms with Crippen molar-refractivity contribution < 1.29 is 0 Å². The first-order valence-corrected chi connectivity index (χ1v) is 2.77. The molecule has 12 heavy (non-hydrogen) atoms. The van der Waals surface area contributed by atoms with Crippen LogP contribution in [-0.4, -0.2) is 37.7 Å². The number of nitriles is 2. The molecule has 0 N–H and O–H groups in total. The minimum atomic E-state index is 0. The molecular formula is C8H4Li2N2. The van der Waals surface area contributed by atoms with Crippen LogP contribution in [0.2, 0.25) is 0 Å². The summed E-state index contributed by atoms with van der Waals surface area (Å²) in [7, 11) is 0. The Morgan fingerprint density at radius 1 is 0.833 bits per heavy atom. The van der Waals surface area contributed by atoms with E-state index < -0.39 is 0 Å². The van der Waals surface area contributed by atoms with Gasteiger partial charge in [-0.2, -0.15) is 10.5 Å². The number of hydrogen-bond donors (Lipinski definition) is 0. The van der Waals surface area contributed by atoms with Gasteiger partial charge in [0.15, 0.2) is 0 Å². The van der Waals surface area contributed by atoms with Gasteiger partial charge in [0.2, 0.25) is 0 Å². The van der Waals surface area contributed by atoms with Crippen molar-refractivity contribution in [1.29, 1.82) is 10.5 Å². The van der Waals surface area contributed by atoms with E-state index in [1.165, 1.54) is 0 Å². The molecule has 0 aliphatic heterocycles. The Kier molecular flexibility index (Phi) is 8.21. The van der Waals surface area contributed by atoms with E-state index >= 15 is 0 Å². The van der Waals surface area contributed by atoms with Crippen LogP contribution in [0.3, 0.4) is 0 Å². The molecule has 1 aromatic carbocycles. The van der Waals surface area contributed by atoms with Gasteiger partial charge in [0.05, 0.1) is 11.1 Å². The molecule has 0 saturated carbocycles. The van der Waals surface area contributed by atoms with Crippen LogP contribution in [0.1, 0.15) is 11.1 Å². The summed E-state index contributed by atoms with van der Waals surface area (Å²) in [5.41, 5.74) is 0.870. The Balaban J connectivity index is 0. The van der Waals surface area contributed by atoms with Crippen LogP contribution in [0.5, 0.6) is 0 Å². The maximum Gasteiger partial charge on any atom is 0.101 e. The van der Waals surface area contributed by atoms with Gasteiger partial charge in [-0.15, -0.1) is 0 Å². The van der Waals surface area contributed by atoms with Crippen molar-refractivity contribution in [3.05, 3.63) is 35.4 Å². The minimum Gasteiger partial charge on any atom is -0.192 e. The molecular weight excluding hydrogens is 138 g/mol. The molecule has 0 unspecified atom stereocenters. The summed E-state index contributed by atoms with van der Waals surface area (Å²) in [6, 6.07) is 10.6. The Morgan fingerprint density at radius 3 is 1.42 bits per heavy atom. The third-order valence-corrected chi connectivity index (χ3v) is 1.17. The van der Waals surface area contributed by atoms with Gasteiger partial charge in [-0.25, -0.2) is 0 Å². The smallest absolute Gasteiger partial charge is 0.101 e. The van der Waals surface area contributed by atoms with E-state index in [0.29, 0.717) is 11.1 Å². The molecule has 0 spiro atoms. The van der Waals surface area contributed by atoms with Gasteiger partial charge in [-0.3, -0.25) is 0 Å². The van der Waals surface area contributed by atoms with E-state index in [-0.39, 0.29) is 37.7 Å². The predicted molar refractivity (Wildman–Crippen MR) is 47.4 cm³/mol. The molecule has 0 bridgehead atoms. The molecule has 0 aliphatic carbocycles. The molecule has 1 rings (SSSR count). The maximum absolute atomic E-state index is 8.45. The number of nitrogens with zero attached hydrogens (tertiary/aromatic N) is 2. The summed E-state index contributed by atoms with van der Waals surface area (Å²) in [5.74, 6) is 0. The van der Waals surface area contributed by atoms with E-state index in [1.54, 1.807) is 24.3 Å². The average Bonchev–Trinajstić information content (AvgIpc) is 2.04. The standard InChI is InChI=1S/C8H4N2.2Li/c9-5-7-3-1-2-4-8(7)6-10;;/h1-4H;;. The molecule has 1 aromatic rings. The van der Waals surface area contributed by atoms with Gasteiger partial charge in [0.1, 0.15) is 12.1 Å². The first-order valence-electron chi connectivity index (χ1n) is 2.77. The number of benzene rings is 1. The van der Waals surface area contributed by atoms with Gasteiger partial charge >= 0.3 is 0 Å². The number of hydrogen-bond acceptors (Lipinski definition) is 2. The minimum absolute atomic E-state index is 0. The van der Waals surface area contributed by atoms with Gasteiger partial charge in [0.25, 0.3) is 0 Å². The molecule has 0 atom stereocenters. The maximum atomic E-state index is 8.45. The van der Waals surface area contributed by atoms with Crippen LogP contribution in [0.4, 0.5) is 0 Å². The second-order valence-corrected chi connectivity index (χ2v) is 1.77. The summed E-state index contributed by atoms with van der Waals surface area (Å²) in [4.78, 5) is 0. The van der Waals surface area contributed by atoms with Crippen molar-refractivity contribution in [2.24, 2.45) is 0 Å². The van der Waals surface area contributed by atoms with Crippen LogP contribution in [0, 0.1) is 22.7 Å². The topological polar surface area (TPSA) is 47.6 Å². The zero-order valence-corrected chi connectivity index (χ0v) is 7.20. The summed E-state index contributed by atoms with van der Waals surface area (Å²) < 4.78 is 0. The zero-order valence-electron chi connectivity index (χ0n) is 7.20. The number of rotatable bonds is 0. The molecule has 48 valence electrons. The van der Waals surface area contributed by atoms with E-state index in [0.717, 1.165) is 0 Å². The van der Waals surface area contributed by atoms with E-state index in [2.05, 4.69) is 0 Å². The second-order valence-electron chi connectivity index (χ2n) is 1.77. The quantitative estimate of drug-likeness (QED) is 0.499. The van der Waals surface area contributed by atoms with E-state index in [9.17, 15) is 0 Å². The van der Waals surface area contributed by atoms with Gasteiger partial charge in [0, 0.05) is 37.7 Å². The van der Waals surface area contributed by atoms with Crippen molar-refractivity contribution in [2.75, 3.05) is 0 Å². The summed E-state index contributed by atoms with van der Waals surface area (Å²) >= 11 is 0. The van der Waals surface area contributed by atoms with Crippen LogP contribution >= 0.6 is 0 Å². The summed E-state index contributed by atoms with van der Waals surface area (Å²) in [6.45, 7) is 0. The van der Waals surface area contributed by atoms with Crippen molar-refractivity contribution in [2.45, 2.75) is 0 Å². The molecule has 0 aliphatic rings. The molecule has 0 heterocycles. The Hall–Kier alpha value is -0.605. The Bertz CT molecular complexity index is 290. The monoisotopic (exact) mass is 142 g/mol. The molecule has 0 fully saturated rings. The fourth-order valence-electron chi connectivity index (χ4n) is 0.678. The van der Waals surface area contributed by atoms with Crippen LogP contribution in [0.15, 0.2) is 24.3 Å². The van der Waals surface area contributed by atoms with E-state index in [1.807, 2.05) is 12.1 Å². The average molecular weight is 142 g/mol. The predicted octanol–water partition coefficient (Wildman–Crippen LogP) is 0.668. The molecule has 4 heteroatoms. The Morgan fingerprint density at radius 2 is 1.17 bits per heavy atom. The van der Waals surface area contributed by atoms with Crippen molar-refractivity contribution in [3.63, 3.8) is 0 Å². The third-order valence-electron chi connectivity index (χ3n) is 1.17. The SMILES string of the molecule is N#Cc1ccccc1C#N.[Li].[Li]. The van der Waals surface area contributed by atoms with Crippen molar-refractivity contribution in [3.8, 4) is 12.1 Å². The van der Waals surface area contributed by atoms with Crippen LogP contribution in [-0.2, 0) is 0 Å². The first kappa shape index (κ1) is 13.9. The van der Waals surface area contributed by atoms with Crippen molar-refractivity contribution >= 4 is 37.7 Å². The van der Waals surface area contributed by atoms with Gasteiger partial charge < -0.3 is 0 Å². The van der Waals surface area contributed by atoms with Gasteiger partial charge in [-0.1, -0.05) is 12.1 Å². The molecule has 2 nitrogen and oxygen atoms in total. The molecule has 0 aromatic heterocycles. The third kappa shape index (κ3) is 3.20. The van der Waals surface area contributed by atoms with Crippen LogP contribution in [0.25, 0.3) is 0 Å². The first-order chi connectivity index (χ1) is 4.88. The van der Waals surface area contributed by atoms with E-state index in [4.69, 9.17) is 10.5 Å². The van der Waals surface area contributed by atoms with Gasteiger partial charge in [-0.05, 0) is 12.1 Å². The molecule has 0 amide bonds. The molecule has 2 radical (unpaired) electrons. The Labute approximate surface area is 95.5 Å². The summed E-state index contributed by atoms with van der Waals surface area (Å²) in [6.07, 6.45) is 0. The molecule has 0 saturated heterocycles. The fourth-order valence-corrected chi connectivity index (χ4v) is 0.678. The van der Waals surface area contributed by atoms with Crippen LogP contribution < -0.4 is 0 Å². The fraction of sp³-hybridized carbons (Fsp3) is 0. The second kappa shape index (κ2) is 7.07.